The molecule has 6 nitrogen and oxygen atoms in total. The van der Waals surface area contributed by atoms with Crippen molar-refractivity contribution in [2.75, 3.05) is 20.3 Å². The Morgan fingerprint density at radius 2 is 1.44 bits per heavy atom. The van der Waals surface area contributed by atoms with Crippen molar-refractivity contribution >= 4 is 31.1 Å². The Bertz CT molecular complexity index is 939. The van der Waals surface area contributed by atoms with Crippen LogP contribution in [0.25, 0.3) is 10.9 Å². The number of ether oxygens (including phenoxy) is 3. The van der Waals surface area contributed by atoms with E-state index in [1.165, 1.54) is 5.52 Å². The molecule has 2 rings (SSSR count). The van der Waals surface area contributed by atoms with Gasteiger partial charge in [-0.2, -0.15) is 0 Å². The highest BCUT2D eigenvalue weighted by Gasteiger charge is 2.46. The molecule has 0 saturated carbocycles. The lowest BCUT2D eigenvalue weighted by Crippen LogP contribution is -2.51. The molecular formula is C27H43NO5Si. The van der Waals surface area contributed by atoms with Gasteiger partial charge >= 0.3 is 11.9 Å². The van der Waals surface area contributed by atoms with Crippen molar-refractivity contribution in [3.8, 4) is 5.75 Å². The number of nitrogens with zero attached hydrogens (tertiary/aromatic N) is 1. The van der Waals surface area contributed by atoms with Gasteiger partial charge < -0.3 is 18.4 Å². The maximum absolute atomic E-state index is 12.5. The first-order valence-electron chi connectivity index (χ1n) is 12.6. The van der Waals surface area contributed by atoms with E-state index in [2.05, 4.69) is 64.1 Å². The van der Waals surface area contributed by atoms with Gasteiger partial charge in [-0.25, -0.2) is 0 Å². The minimum atomic E-state index is -2.01. The summed E-state index contributed by atoms with van der Waals surface area (Å²) < 4.78 is 18.5. The monoisotopic (exact) mass is 489 g/mol. The molecule has 0 atom stereocenters. The number of esters is 2. The molecule has 0 aliphatic heterocycles. The Morgan fingerprint density at radius 1 is 0.912 bits per heavy atom. The van der Waals surface area contributed by atoms with E-state index in [4.69, 9.17) is 14.2 Å². The number of hydrogen-bond donors (Lipinski definition) is 0. The lowest BCUT2D eigenvalue weighted by atomic mass is 9.99. The maximum Gasteiger partial charge on any atom is 0.320 e. The average Bonchev–Trinajstić information content (AvgIpc) is 3.11. The molecule has 0 unspecified atom stereocenters. The summed E-state index contributed by atoms with van der Waals surface area (Å²) in [6.45, 7) is 18.0. The van der Waals surface area contributed by atoms with Crippen molar-refractivity contribution in [2.45, 2.75) is 84.9 Å². The topological polar surface area (TPSA) is 66.8 Å². The summed E-state index contributed by atoms with van der Waals surface area (Å²) in [6, 6.07) is 6.24. The van der Waals surface area contributed by atoms with Crippen LogP contribution >= 0.6 is 0 Å². The van der Waals surface area contributed by atoms with Crippen molar-refractivity contribution in [3.63, 3.8) is 0 Å². The highest BCUT2D eigenvalue weighted by molar-refractivity contribution is 6.82. The van der Waals surface area contributed by atoms with E-state index in [0.29, 0.717) is 29.5 Å². The lowest BCUT2D eigenvalue weighted by molar-refractivity contribution is -0.161. The molecule has 0 amide bonds. The smallest absolute Gasteiger partial charge is 0.320 e. The fraction of sp³-hybridized carbons (Fsp3) is 0.630. The Morgan fingerprint density at radius 3 is 1.88 bits per heavy atom. The van der Waals surface area contributed by atoms with E-state index >= 15 is 0 Å². The summed E-state index contributed by atoms with van der Waals surface area (Å²) in [5, 5.41) is 1.12. The van der Waals surface area contributed by atoms with E-state index in [9.17, 15) is 9.59 Å². The van der Waals surface area contributed by atoms with Gasteiger partial charge in [-0.15, -0.1) is 0 Å². The Balaban J connectivity index is 2.62. The zero-order valence-electron chi connectivity index (χ0n) is 22.4. The second-order valence-electron chi connectivity index (χ2n) is 9.85. The average molecular weight is 490 g/mol. The molecule has 0 aliphatic rings. The molecular weight excluding hydrogens is 446 g/mol. The lowest BCUT2D eigenvalue weighted by Gasteiger charge is -2.44. The maximum atomic E-state index is 12.5. The summed E-state index contributed by atoms with van der Waals surface area (Å²) in [5.74, 6) is -1.16. The fourth-order valence-corrected chi connectivity index (χ4v) is 12.5. The van der Waals surface area contributed by atoms with Gasteiger partial charge in [-0.05, 0) is 73.3 Å². The largest absolute Gasteiger partial charge is 0.497 e. The Hall–Kier alpha value is -2.28. The second kappa shape index (κ2) is 11.9. The summed E-state index contributed by atoms with van der Waals surface area (Å²) in [4.78, 5) is 25.1. The molecule has 0 aliphatic carbocycles. The van der Waals surface area contributed by atoms with Gasteiger partial charge in [0.2, 0.25) is 0 Å². The van der Waals surface area contributed by atoms with Crippen LogP contribution in [-0.4, -0.2) is 44.7 Å². The zero-order valence-corrected chi connectivity index (χ0v) is 23.4. The van der Waals surface area contributed by atoms with Gasteiger partial charge in [-0.1, -0.05) is 41.5 Å². The number of fused-ring (bicyclic) bond motifs is 1. The van der Waals surface area contributed by atoms with Crippen molar-refractivity contribution in [1.82, 2.24) is 4.23 Å². The summed E-state index contributed by atoms with van der Waals surface area (Å²) in [7, 11) is -0.336. The van der Waals surface area contributed by atoms with Crippen LogP contribution in [0.1, 0.15) is 67.4 Å². The molecule has 0 fully saturated rings. The minimum absolute atomic E-state index is 0.233. The normalized spacial score (nSPS) is 12.3. The Labute approximate surface area is 206 Å². The van der Waals surface area contributed by atoms with E-state index in [0.717, 1.165) is 16.7 Å². The minimum Gasteiger partial charge on any atom is -0.497 e. The number of aryl methyl sites for hydroxylation is 1. The van der Waals surface area contributed by atoms with Crippen LogP contribution in [0.3, 0.4) is 0 Å². The molecule has 2 aromatic rings. The third kappa shape index (κ3) is 5.34. The molecule has 0 bridgehead atoms. The molecule has 1 heterocycles. The fourth-order valence-electron chi connectivity index (χ4n) is 5.88. The summed E-state index contributed by atoms with van der Waals surface area (Å²) in [5.41, 5.74) is 3.91. The van der Waals surface area contributed by atoms with Gasteiger partial charge in [0.25, 0.3) is 0 Å². The number of carbonyl (C=O) groups is 2. The van der Waals surface area contributed by atoms with E-state index in [1.54, 1.807) is 21.0 Å². The number of hydrogen-bond acceptors (Lipinski definition) is 5. The van der Waals surface area contributed by atoms with Crippen LogP contribution in [0.5, 0.6) is 5.75 Å². The van der Waals surface area contributed by atoms with Crippen LogP contribution < -0.4 is 4.74 Å². The number of aromatic nitrogens is 1. The summed E-state index contributed by atoms with van der Waals surface area (Å²) >= 11 is 0. The molecule has 1 aromatic carbocycles. The van der Waals surface area contributed by atoms with Crippen LogP contribution in [0.4, 0.5) is 0 Å². The van der Waals surface area contributed by atoms with E-state index in [1.807, 2.05) is 6.07 Å². The standard InChI is InChI=1S/C27H43NO5Si/c1-10-32-26(29)23(27(30)33-11-2)14-12-21-17-28(25-15-13-22(31-9)16-24(21)25)34(18(3)4,19(5)6)20(7)8/h13,15-20,23H,10-12,14H2,1-9H3. The summed E-state index contributed by atoms with van der Waals surface area (Å²) in [6.07, 6.45) is 3.19. The molecule has 0 spiro atoms. The first-order valence-corrected chi connectivity index (χ1v) is 14.8. The van der Waals surface area contributed by atoms with Crippen LogP contribution in [0, 0.1) is 5.92 Å². The van der Waals surface area contributed by atoms with E-state index in [-0.39, 0.29) is 13.2 Å². The van der Waals surface area contributed by atoms with Gasteiger partial charge in [0.1, 0.15) is 5.75 Å². The highest BCUT2D eigenvalue weighted by atomic mass is 28.3. The first-order chi connectivity index (χ1) is 16.1. The first kappa shape index (κ1) is 28.0. The van der Waals surface area contributed by atoms with Crippen LogP contribution in [-0.2, 0) is 25.5 Å². The van der Waals surface area contributed by atoms with Gasteiger partial charge in [0.05, 0.1) is 20.3 Å². The van der Waals surface area contributed by atoms with Gasteiger partial charge in [0.15, 0.2) is 14.2 Å². The predicted octanol–water partition coefficient (Wildman–Crippen LogP) is 6.35. The zero-order chi connectivity index (χ0) is 25.6. The molecule has 190 valence electrons. The SMILES string of the molecule is CCOC(=O)C(CCc1cn([Si](C(C)C)(C(C)C)C(C)C)c2ccc(OC)cc12)C(=O)OCC. The predicted molar refractivity (Wildman–Crippen MR) is 140 cm³/mol. The van der Waals surface area contributed by atoms with Gasteiger partial charge in [0, 0.05) is 10.9 Å². The highest BCUT2D eigenvalue weighted by Crippen LogP contribution is 2.45. The second-order valence-corrected chi connectivity index (χ2v) is 15.6. The van der Waals surface area contributed by atoms with Crippen molar-refractivity contribution < 1.29 is 23.8 Å². The molecule has 34 heavy (non-hydrogen) atoms. The van der Waals surface area contributed by atoms with Crippen molar-refractivity contribution in [3.05, 3.63) is 30.0 Å². The van der Waals surface area contributed by atoms with Crippen LogP contribution in [0.2, 0.25) is 16.6 Å². The number of carbonyl (C=O) groups excluding carboxylic acids is 2. The third-order valence-electron chi connectivity index (χ3n) is 7.13. The molecule has 0 radical (unpaired) electrons. The molecule has 7 heteroatoms. The van der Waals surface area contributed by atoms with Crippen LogP contribution in [0.15, 0.2) is 24.4 Å². The quantitative estimate of drug-likeness (QED) is 0.197. The molecule has 0 saturated heterocycles. The van der Waals surface area contributed by atoms with E-state index < -0.39 is 26.1 Å². The number of rotatable bonds is 12. The van der Waals surface area contributed by atoms with Gasteiger partial charge in [-0.3, -0.25) is 9.59 Å². The number of benzene rings is 1. The molecule has 1 aromatic heterocycles. The third-order valence-corrected chi connectivity index (χ3v) is 13.9. The molecule has 0 N–H and O–H groups in total. The number of methoxy groups -OCH3 is 1. The Kier molecular flexibility index (Phi) is 9.80. The van der Waals surface area contributed by atoms with Crippen molar-refractivity contribution in [2.24, 2.45) is 5.92 Å². The van der Waals surface area contributed by atoms with Crippen molar-refractivity contribution in [1.29, 1.82) is 0 Å².